The van der Waals surface area contributed by atoms with Crippen LogP contribution in [-0.4, -0.2) is 15.9 Å². The maximum Gasteiger partial charge on any atom is 0.269 e. The van der Waals surface area contributed by atoms with Crippen molar-refractivity contribution in [1.29, 1.82) is 0 Å². The third kappa shape index (κ3) is 4.37. The van der Waals surface area contributed by atoms with E-state index in [1.165, 1.54) is 33.8 Å². The van der Waals surface area contributed by atoms with Gasteiger partial charge in [0.15, 0.2) is 5.13 Å². The van der Waals surface area contributed by atoms with Crippen molar-refractivity contribution in [3.05, 3.63) is 91.7 Å². The molecule has 1 atom stereocenters. The second-order valence-electron chi connectivity index (χ2n) is 8.76. The van der Waals surface area contributed by atoms with Crippen LogP contribution in [0.5, 0.6) is 0 Å². The predicted octanol–water partition coefficient (Wildman–Crippen LogP) is 7.83. The number of hydrogen-bond acceptors (Lipinski definition) is 6. The van der Waals surface area contributed by atoms with Crippen molar-refractivity contribution in [3.63, 3.8) is 0 Å². The van der Waals surface area contributed by atoms with Gasteiger partial charge in [-0.1, -0.05) is 53.5 Å². The number of nitrogens with one attached hydrogen (secondary N) is 1. The Morgan fingerprint density at radius 3 is 2.72 bits per heavy atom. The lowest BCUT2D eigenvalue weighted by Gasteiger charge is -2.24. The van der Waals surface area contributed by atoms with Gasteiger partial charge in [-0.25, -0.2) is 9.97 Å². The maximum atomic E-state index is 13.1. The summed E-state index contributed by atoms with van der Waals surface area (Å²) in [5, 5.41) is 7.09. The number of carbonyl (C=O) groups excluding carboxylic acids is 1. The summed E-state index contributed by atoms with van der Waals surface area (Å²) >= 11 is 15.0. The molecule has 2 aromatic carbocycles. The second kappa shape index (κ2) is 9.48. The van der Waals surface area contributed by atoms with Crippen molar-refractivity contribution < 1.29 is 4.79 Å². The summed E-state index contributed by atoms with van der Waals surface area (Å²) in [4.78, 5) is 23.8. The normalized spacial score (nSPS) is 15.1. The molecule has 5 aromatic rings. The summed E-state index contributed by atoms with van der Waals surface area (Å²) in [6.45, 7) is 0. The van der Waals surface area contributed by atoms with Crippen molar-refractivity contribution in [2.45, 2.75) is 25.2 Å². The van der Waals surface area contributed by atoms with Crippen LogP contribution in [0.4, 0.5) is 10.8 Å². The molecule has 0 bridgehead atoms. The van der Waals surface area contributed by atoms with Crippen molar-refractivity contribution in [2.24, 2.45) is 0 Å². The van der Waals surface area contributed by atoms with Gasteiger partial charge in [0.2, 0.25) is 0 Å². The molecular formula is C27H20Cl2N4OS2. The van der Waals surface area contributed by atoms with E-state index in [2.05, 4.69) is 40.6 Å². The highest BCUT2D eigenvalue weighted by molar-refractivity contribution is 7.21. The molecular weight excluding hydrogens is 531 g/mol. The number of carbonyl (C=O) groups is 1. The van der Waals surface area contributed by atoms with Gasteiger partial charge in [0, 0.05) is 27.0 Å². The lowest BCUT2D eigenvalue weighted by atomic mass is 9.82. The van der Waals surface area contributed by atoms with Crippen LogP contribution in [0.1, 0.15) is 38.8 Å². The van der Waals surface area contributed by atoms with E-state index in [-0.39, 0.29) is 5.91 Å². The average Bonchev–Trinajstić information content (AvgIpc) is 3.47. The Balaban J connectivity index is 1.25. The molecule has 0 saturated carbocycles. The van der Waals surface area contributed by atoms with E-state index in [9.17, 15) is 4.79 Å². The number of nitrogen functional groups attached to an aromatic ring is 1. The fourth-order valence-corrected chi connectivity index (χ4v) is 6.88. The first-order valence-electron chi connectivity index (χ1n) is 11.4. The van der Waals surface area contributed by atoms with Gasteiger partial charge in [0.05, 0.1) is 16.4 Å². The minimum absolute atomic E-state index is 0.293. The monoisotopic (exact) mass is 550 g/mol. The van der Waals surface area contributed by atoms with Gasteiger partial charge in [0.25, 0.3) is 5.91 Å². The topological polar surface area (TPSA) is 80.9 Å². The summed E-state index contributed by atoms with van der Waals surface area (Å²) in [5.74, 6) is 0.174. The molecule has 36 heavy (non-hydrogen) atoms. The largest absolute Gasteiger partial charge is 0.397 e. The van der Waals surface area contributed by atoms with E-state index in [1.807, 2.05) is 17.5 Å². The molecule has 3 N–H and O–H groups in total. The number of amides is 1. The van der Waals surface area contributed by atoms with Crippen molar-refractivity contribution in [3.8, 4) is 11.3 Å². The number of hydrogen-bond donors (Lipinski definition) is 2. The summed E-state index contributed by atoms with van der Waals surface area (Å²) < 4.78 is 0. The number of aryl methyl sites for hydroxylation is 1. The number of anilines is 2. The molecule has 1 aliphatic rings. The van der Waals surface area contributed by atoms with Crippen LogP contribution in [0, 0.1) is 0 Å². The minimum Gasteiger partial charge on any atom is -0.397 e. The molecule has 1 aliphatic carbocycles. The molecule has 0 spiro atoms. The number of rotatable bonds is 4. The number of aromatic nitrogens is 2. The molecule has 3 aromatic heterocycles. The van der Waals surface area contributed by atoms with Gasteiger partial charge in [-0.2, -0.15) is 0 Å². The van der Waals surface area contributed by atoms with Gasteiger partial charge in [-0.05, 0) is 60.6 Å². The van der Waals surface area contributed by atoms with Crippen LogP contribution in [0.15, 0.2) is 60.0 Å². The molecule has 3 heterocycles. The van der Waals surface area contributed by atoms with Gasteiger partial charge in [-0.15, -0.1) is 22.7 Å². The fourth-order valence-electron chi connectivity index (χ4n) is 4.67. The van der Waals surface area contributed by atoms with E-state index < -0.39 is 0 Å². The molecule has 0 aliphatic heterocycles. The van der Waals surface area contributed by atoms with Gasteiger partial charge >= 0.3 is 0 Å². The number of thiophene rings is 1. The van der Waals surface area contributed by atoms with Gasteiger partial charge in [0.1, 0.15) is 9.71 Å². The van der Waals surface area contributed by atoms with Crippen molar-refractivity contribution in [2.75, 3.05) is 11.1 Å². The highest BCUT2D eigenvalue weighted by atomic mass is 35.5. The highest BCUT2D eigenvalue weighted by Crippen LogP contribution is 2.39. The molecule has 6 rings (SSSR count). The number of thiazole rings is 1. The van der Waals surface area contributed by atoms with Crippen molar-refractivity contribution in [1.82, 2.24) is 9.97 Å². The van der Waals surface area contributed by atoms with Crippen LogP contribution in [0.3, 0.4) is 0 Å². The fraction of sp³-hybridized carbons (Fsp3) is 0.148. The molecule has 0 fully saturated rings. The Morgan fingerprint density at radius 2 is 1.92 bits per heavy atom. The molecule has 9 heteroatoms. The third-order valence-electron chi connectivity index (χ3n) is 6.49. The Morgan fingerprint density at radius 1 is 1.08 bits per heavy atom. The number of nitrogens with two attached hydrogens (primary N) is 1. The summed E-state index contributed by atoms with van der Waals surface area (Å²) in [6.07, 6.45) is 2.90. The Hall–Kier alpha value is -2.97. The molecule has 0 radical (unpaired) electrons. The molecule has 180 valence electrons. The molecule has 1 unspecified atom stereocenters. The van der Waals surface area contributed by atoms with E-state index in [0.717, 1.165) is 40.7 Å². The standard InChI is InChI=1S/C27H20Cl2N4OS2/c28-17-7-8-18(20(29)12-17)22-13-35-27(32-22)33-25(34)24-23(30)19-11-16-10-15(14-4-2-1-3-5-14)6-9-21(16)31-26(19)36-24/h1-5,7-8,11-13,15H,6,9-10,30H2,(H,32,33,34). The lowest BCUT2D eigenvalue weighted by molar-refractivity contribution is 0.103. The van der Waals surface area contributed by atoms with Gasteiger partial charge in [-0.3, -0.25) is 10.1 Å². The number of halogens is 2. The quantitative estimate of drug-likeness (QED) is 0.239. The lowest BCUT2D eigenvalue weighted by Crippen LogP contribution is -2.14. The van der Waals surface area contributed by atoms with E-state index in [1.54, 1.807) is 12.1 Å². The molecule has 1 amide bonds. The zero-order valence-electron chi connectivity index (χ0n) is 18.9. The number of fused-ring (bicyclic) bond motifs is 2. The summed E-state index contributed by atoms with van der Waals surface area (Å²) in [5.41, 5.74) is 12.0. The van der Waals surface area contributed by atoms with Gasteiger partial charge < -0.3 is 5.73 Å². The second-order valence-corrected chi connectivity index (χ2v) is 11.5. The predicted molar refractivity (Wildman–Crippen MR) is 151 cm³/mol. The zero-order chi connectivity index (χ0) is 24.8. The van der Waals surface area contributed by atoms with E-state index >= 15 is 0 Å². The summed E-state index contributed by atoms with van der Waals surface area (Å²) in [7, 11) is 0. The number of pyridine rings is 1. The van der Waals surface area contributed by atoms with Crippen LogP contribution < -0.4 is 11.1 Å². The Bertz CT molecular complexity index is 1610. The SMILES string of the molecule is Nc1c(C(=O)Nc2nc(-c3ccc(Cl)cc3Cl)cs2)sc2nc3c(cc12)CC(c1ccccc1)CC3. The maximum absolute atomic E-state index is 13.1. The Kier molecular flexibility index (Phi) is 6.17. The minimum atomic E-state index is -0.293. The number of nitrogens with zero attached hydrogens (tertiary/aromatic N) is 2. The third-order valence-corrected chi connectivity index (χ3v) is 8.91. The molecule has 5 nitrogen and oxygen atoms in total. The smallest absolute Gasteiger partial charge is 0.269 e. The van der Waals surface area contributed by atoms with Crippen LogP contribution in [0.2, 0.25) is 10.0 Å². The summed E-state index contributed by atoms with van der Waals surface area (Å²) in [6, 6.07) is 18.0. The van der Waals surface area contributed by atoms with Crippen molar-refractivity contribution >= 4 is 72.8 Å². The van der Waals surface area contributed by atoms with Crippen LogP contribution in [-0.2, 0) is 12.8 Å². The molecule has 0 saturated heterocycles. The number of benzene rings is 2. The first-order valence-corrected chi connectivity index (χ1v) is 13.9. The Labute approximate surface area is 225 Å². The van der Waals surface area contributed by atoms with E-state index in [4.69, 9.17) is 33.9 Å². The first-order chi connectivity index (χ1) is 17.5. The zero-order valence-corrected chi connectivity index (χ0v) is 22.1. The van der Waals surface area contributed by atoms with E-state index in [0.29, 0.717) is 37.4 Å². The van der Waals surface area contributed by atoms with Crippen LogP contribution >= 0.6 is 45.9 Å². The van der Waals surface area contributed by atoms with Crippen LogP contribution in [0.25, 0.3) is 21.5 Å². The average molecular weight is 552 g/mol. The first kappa shape index (κ1) is 23.4. The highest BCUT2D eigenvalue weighted by Gasteiger charge is 2.25.